The zero-order chi connectivity index (χ0) is 10.4. The lowest BCUT2D eigenvalue weighted by atomic mass is 10.3. The van der Waals surface area contributed by atoms with E-state index in [9.17, 15) is 4.79 Å². The van der Waals surface area contributed by atoms with Crippen LogP contribution >= 0.6 is 0 Å². The summed E-state index contributed by atoms with van der Waals surface area (Å²) >= 11 is 0. The maximum Gasteiger partial charge on any atom is 0.409 e. The average molecular weight is 203 g/mol. The van der Waals surface area contributed by atoms with Crippen LogP contribution in [-0.2, 0) is 9.47 Å². The predicted molar refractivity (Wildman–Crippen MR) is 50.0 cm³/mol. The van der Waals surface area contributed by atoms with Crippen molar-refractivity contribution in [3.63, 3.8) is 0 Å². The van der Waals surface area contributed by atoms with Crippen molar-refractivity contribution in [1.29, 1.82) is 0 Å². The van der Waals surface area contributed by atoms with E-state index in [0.29, 0.717) is 26.1 Å². The van der Waals surface area contributed by atoms with E-state index in [1.807, 2.05) is 0 Å². The molecule has 0 aromatic heterocycles. The van der Waals surface area contributed by atoms with Gasteiger partial charge in [0.2, 0.25) is 0 Å². The highest BCUT2D eigenvalue weighted by Crippen LogP contribution is 2.13. The Kier molecular flexibility index (Phi) is 4.69. The molecule has 82 valence electrons. The van der Waals surface area contributed by atoms with E-state index in [1.165, 1.54) is 7.11 Å². The quantitative estimate of drug-likeness (QED) is 0.664. The summed E-state index contributed by atoms with van der Waals surface area (Å²) in [5, 5.41) is 8.55. The van der Waals surface area contributed by atoms with E-state index < -0.39 is 0 Å². The Morgan fingerprint density at radius 2 is 2.43 bits per heavy atom. The van der Waals surface area contributed by atoms with E-state index in [-0.39, 0.29) is 18.8 Å². The lowest BCUT2D eigenvalue weighted by molar-refractivity contribution is 0.0484. The molecule has 0 aromatic rings. The van der Waals surface area contributed by atoms with E-state index >= 15 is 0 Å². The predicted octanol–water partition coefficient (Wildman–Crippen LogP) is 0.226. The van der Waals surface area contributed by atoms with Gasteiger partial charge in [0.1, 0.15) is 0 Å². The molecule has 1 aliphatic rings. The molecular weight excluding hydrogens is 186 g/mol. The second-order valence-corrected chi connectivity index (χ2v) is 3.27. The van der Waals surface area contributed by atoms with Gasteiger partial charge < -0.3 is 19.5 Å². The number of methoxy groups -OCH3 is 1. The fourth-order valence-corrected chi connectivity index (χ4v) is 1.47. The zero-order valence-corrected chi connectivity index (χ0v) is 8.44. The highest BCUT2D eigenvalue weighted by Gasteiger charge is 2.26. The molecule has 1 atom stereocenters. The van der Waals surface area contributed by atoms with Gasteiger partial charge in [-0.2, -0.15) is 0 Å². The molecule has 1 saturated heterocycles. The van der Waals surface area contributed by atoms with Crippen LogP contribution in [0.2, 0.25) is 0 Å². The monoisotopic (exact) mass is 203 g/mol. The lowest BCUT2D eigenvalue weighted by Crippen LogP contribution is -2.30. The Morgan fingerprint density at radius 3 is 3.07 bits per heavy atom. The molecule has 0 radical (unpaired) electrons. The highest BCUT2D eigenvalue weighted by atomic mass is 16.5. The molecule has 5 heteroatoms. The largest absolute Gasteiger partial charge is 0.453 e. The van der Waals surface area contributed by atoms with E-state index in [0.717, 1.165) is 6.42 Å². The van der Waals surface area contributed by atoms with Crippen LogP contribution in [0.15, 0.2) is 0 Å². The molecule has 1 unspecified atom stereocenters. The molecule has 1 heterocycles. The summed E-state index contributed by atoms with van der Waals surface area (Å²) in [5.74, 6) is 0. The minimum absolute atomic E-state index is 0.0978. The Balaban J connectivity index is 2.17. The minimum atomic E-state index is -0.293. The van der Waals surface area contributed by atoms with E-state index in [1.54, 1.807) is 4.90 Å². The van der Waals surface area contributed by atoms with Crippen LogP contribution in [0.25, 0.3) is 0 Å². The third-order valence-electron chi connectivity index (χ3n) is 2.23. The van der Waals surface area contributed by atoms with Crippen LogP contribution in [0.4, 0.5) is 4.79 Å². The molecule has 1 aliphatic heterocycles. The summed E-state index contributed by atoms with van der Waals surface area (Å²) in [6.07, 6.45) is 1.30. The van der Waals surface area contributed by atoms with Gasteiger partial charge in [-0.05, 0) is 12.8 Å². The first kappa shape index (κ1) is 11.3. The minimum Gasteiger partial charge on any atom is -0.453 e. The van der Waals surface area contributed by atoms with Gasteiger partial charge in [0, 0.05) is 19.8 Å². The first-order valence-corrected chi connectivity index (χ1v) is 4.83. The average Bonchev–Trinajstić information content (AvgIpc) is 2.66. The van der Waals surface area contributed by atoms with Gasteiger partial charge in [-0.3, -0.25) is 0 Å². The van der Waals surface area contributed by atoms with E-state index in [2.05, 4.69) is 4.74 Å². The molecular formula is C9H17NO4. The molecule has 1 rings (SSSR count). The summed E-state index contributed by atoms with van der Waals surface area (Å²) in [4.78, 5) is 12.7. The number of rotatable bonds is 4. The summed E-state index contributed by atoms with van der Waals surface area (Å²) in [5.41, 5.74) is 0. The fourth-order valence-electron chi connectivity index (χ4n) is 1.47. The van der Waals surface area contributed by atoms with Gasteiger partial charge in [-0.15, -0.1) is 0 Å². The normalized spacial score (nSPS) is 21.3. The van der Waals surface area contributed by atoms with Crippen LogP contribution < -0.4 is 0 Å². The summed E-state index contributed by atoms with van der Waals surface area (Å²) in [7, 11) is 1.38. The van der Waals surface area contributed by atoms with Gasteiger partial charge in [0.05, 0.1) is 19.8 Å². The zero-order valence-electron chi connectivity index (χ0n) is 8.44. The number of ether oxygens (including phenoxy) is 2. The van der Waals surface area contributed by atoms with Crippen LogP contribution in [-0.4, -0.2) is 55.6 Å². The van der Waals surface area contributed by atoms with Crippen molar-refractivity contribution in [1.82, 2.24) is 4.90 Å². The van der Waals surface area contributed by atoms with Gasteiger partial charge in [0.25, 0.3) is 0 Å². The summed E-state index contributed by atoms with van der Waals surface area (Å²) in [6, 6.07) is 0. The van der Waals surface area contributed by atoms with Gasteiger partial charge in [-0.1, -0.05) is 0 Å². The number of nitrogens with zero attached hydrogens (tertiary/aromatic N) is 1. The first-order chi connectivity index (χ1) is 6.77. The third-order valence-corrected chi connectivity index (χ3v) is 2.23. The highest BCUT2D eigenvalue weighted by molar-refractivity contribution is 5.67. The SMILES string of the molecule is COC(=O)N1CCC(OCCCO)C1. The Hall–Kier alpha value is -0.810. The molecule has 0 spiro atoms. The van der Waals surface area contributed by atoms with Gasteiger partial charge in [0.15, 0.2) is 0 Å². The van der Waals surface area contributed by atoms with Crippen LogP contribution in [0.3, 0.4) is 0 Å². The lowest BCUT2D eigenvalue weighted by Gasteiger charge is -2.14. The van der Waals surface area contributed by atoms with E-state index in [4.69, 9.17) is 9.84 Å². The number of hydrogen-bond acceptors (Lipinski definition) is 4. The number of likely N-dealkylation sites (tertiary alicyclic amines) is 1. The number of hydrogen-bond donors (Lipinski definition) is 1. The Morgan fingerprint density at radius 1 is 1.64 bits per heavy atom. The summed E-state index contributed by atoms with van der Waals surface area (Å²) < 4.78 is 10.1. The van der Waals surface area contributed by atoms with Crippen molar-refractivity contribution in [2.45, 2.75) is 18.9 Å². The fraction of sp³-hybridized carbons (Fsp3) is 0.889. The third kappa shape index (κ3) is 3.16. The number of carbonyl (C=O) groups excluding carboxylic acids is 1. The molecule has 0 aromatic carbocycles. The van der Waals surface area contributed by atoms with Crippen molar-refractivity contribution < 1.29 is 19.4 Å². The number of carbonyl (C=O) groups is 1. The Labute approximate surface area is 83.6 Å². The smallest absolute Gasteiger partial charge is 0.409 e. The molecule has 0 bridgehead atoms. The van der Waals surface area contributed by atoms with Crippen LogP contribution in [0.5, 0.6) is 0 Å². The first-order valence-electron chi connectivity index (χ1n) is 4.83. The molecule has 1 N–H and O–H groups in total. The molecule has 0 saturated carbocycles. The van der Waals surface area contributed by atoms with Crippen molar-refractivity contribution >= 4 is 6.09 Å². The van der Waals surface area contributed by atoms with Crippen molar-refractivity contribution in [2.24, 2.45) is 0 Å². The molecule has 1 amide bonds. The number of aliphatic hydroxyl groups is 1. The second-order valence-electron chi connectivity index (χ2n) is 3.27. The molecule has 0 aliphatic carbocycles. The molecule has 5 nitrogen and oxygen atoms in total. The number of amides is 1. The summed E-state index contributed by atoms with van der Waals surface area (Å²) in [6.45, 7) is 1.98. The van der Waals surface area contributed by atoms with Crippen LogP contribution in [0, 0.1) is 0 Å². The Bertz CT molecular complexity index is 186. The molecule has 1 fully saturated rings. The van der Waals surface area contributed by atoms with Crippen LogP contribution in [0.1, 0.15) is 12.8 Å². The van der Waals surface area contributed by atoms with Crippen molar-refractivity contribution in [3.05, 3.63) is 0 Å². The topological polar surface area (TPSA) is 59.0 Å². The standard InChI is InChI=1S/C9H17NO4/c1-13-9(12)10-4-3-8(7-10)14-6-2-5-11/h8,11H,2-7H2,1H3. The van der Waals surface area contributed by atoms with Crippen molar-refractivity contribution in [3.8, 4) is 0 Å². The van der Waals surface area contributed by atoms with Gasteiger partial charge in [-0.25, -0.2) is 4.79 Å². The maximum atomic E-state index is 11.1. The molecule has 14 heavy (non-hydrogen) atoms. The van der Waals surface area contributed by atoms with Gasteiger partial charge >= 0.3 is 6.09 Å². The second kappa shape index (κ2) is 5.82. The van der Waals surface area contributed by atoms with Crippen molar-refractivity contribution in [2.75, 3.05) is 33.4 Å². The maximum absolute atomic E-state index is 11.1. The number of aliphatic hydroxyl groups excluding tert-OH is 1.